The average molecular weight is 367 g/mol. The first-order valence-electron chi connectivity index (χ1n) is 4.84. The van der Waals surface area contributed by atoms with Crippen LogP contribution in [0.5, 0.6) is 0 Å². The van der Waals surface area contributed by atoms with Crippen molar-refractivity contribution in [3.05, 3.63) is 46.2 Å². The van der Waals surface area contributed by atoms with Gasteiger partial charge >= 0.3 is 0 Å². The first-order chi connectivity index (χ1) is 8.88. The van der Waals surface area contributed by atoms with Crippen molar-refractivity contribution in [3.63, 3.8) is 0 Å². The zero-order chi connectivity index (χ0) is 14.0. The molecule has 100 valence electrons. The van der Waals surface area contributed by atoms with E-state index >= 15 is 0 Å². The number of pyridine rings is 2. The Hall–Kier alpha value is -1.25. The molecule has 2 aromatic rings. The largest absolute Gasteiger partial charge is 0.278 e. The summed E-state index contributed by atoms with van der Waals surface area (Å²) in [5.41, 5.74) is 0.123. The normalized spacial score (nSPS) is 11.3. The Labute approximate surface area is 122 Å². The van der Waals surface area contributed by atoms with Crippen molar-refractivity contribution < 1.29 is 12.8 Å². The van der Waals surface area contributed by atoms with Crippen molar-refractivity contribution in [2.75, 3.05) is 4.72 Å². The quantitative estimate of drug-likeness (QED) is 0.848. The molecule has 0 aliphatic carbocycles. The molecule has 2 heterocycles. The molecule has 2 rings (SSSR count). The Morgan fingerprint density at radius 2 is 2.00 bits per heavy atom. The highest BCUT2D eigenvalue weighted by Crippen LogP contribution is 2.24. The number of aromatic nitrogens is 2. The second-order valence-electron chi connectivity index (χ2n) is 3.42. The molecule has 19 heavy (non-hydrogen) atoms. The summed E-state index contributed by atoms with van der Waals surface area (Å²) in [5.74, 6) is -0.704. The summed E-state index contributed by atoms with van der Waals surface area (Å²) in [6.07, 6.45) is 2.44. The van der Waals surface area contributed by atoms with Crippen LogP contribution < -0.4 is 4.72 Å². The van der Waals surface area contributed by atoms with Crippen LogP contribution in [0, 0.1) is 5.95 Å². The lowest BCUT2D eigenvalue weighted by Crippen LogP contribution is -2.14. The highest BCUT2D eigenvalue weighted by Gasteiger charge is 2.19. The van der Waals surface area contributed by atoms with Gasteiger partial charge in [0, 0.05) is 10.7 Å². The number of nitrogens with one attached hydrogen (secondary N) is 1. The van der Waals surface area contributed by atoms with Crippen molar-refractivity contribution in [1.82, 2.24) is 9.97 Å². The van der Waals surface area contributed by atoms with Gasteiger partial charge < -0.3 is 0 Å². The molecule has 0 saturated heterocycles. The molecule has 9 heteroatoms. The summed E-state index contributed by atoms with van der Waals surface area (Å²) < 4.78 is 39.5. The molecule has 0 amide bonds. The Balaban J connectivity index is 2.37. The number of halogens is 3. The van der Waals surface area contributed by atoms with Crippen LogP contribution in [0.4, 0.5) is 10.1 Å². The molecular formula is C10H6BrClFN3O2S. The predicted molar refractivity (Wildman–Crippen MR) is 72.0 cm³/mol. The van der Waals surface area contributed by atoms with E-state index in [9.17, 15) is 12.8 Å². The molecule has 0 fully saturated rings. The minimum atomic E-state index is -3.92. The maximum Gasteiger partial charge on any atom is 0.265 e. The van der Waals surface area contributed by atoms with Crippen molar-refractivity contribution >= 4 is 43.2 Å². The molecule has 0 aliphatic rings. The third kappa shape index (κ3) is 3.40. The molecule has 0 aromatic carbocycles. The molecular weight excluding hydrogens is 361 g/mol. The van der Waals surface area contributed by atoms with Crippen LogP contribution in [0.1, 0.15) is 0 Å². The lowest BCUT2D eigenvalue weighted by atomic mass is 10.4. The smallest absolute Gasteiger partial charge is 0.265 e. The van der Waals surface area contributed by atoms with E-state index < -0.39 is 16.0 Å². The molecule has 0 atom stereocenters. The molecule has 0 aliphatic heterocycles. The number of hydrogen-bond acceptors (Lipinski definition) is 4. The Morgan fingerprint density at radius 1 is 1.26 bits per heavy atom. The fourth-order valence-corrected chi connectivity index (χ4v) is 3.23. The second kappa shape index (κ2) is 5.40. The average Bonchev–Trinajstić information content (AvgIpc) is 2.35. The van der Waals surface area contributed by atoms with Crippen LogP contribution in [-0.2, 0) is 10.0 Å². The van der Waals surface area contributed by atoms with Gasteiger partial charge in [0.2, 0.25) is 5.95 Å². The number of sulfonamides is 1. The number of rotatable bonds is 3. The topological polar surface area (TPSA) is 72.0 Å². The van der Waals surface area contributed by atoms with Crippen LogP contribution in [0.25, 0.3) is 0 Å². The Morgan fingerprint density at radius 3 is 2.63 bits per heavy atom. The van der Waals surface area contributed by atoms with Gasteiger partial charge in [-0.1, -0.05) is 11.6 Å². The SMILES string of the molecule is O=S(=O)(Nc1ccc(F)nc1)c1cc(Br)cnc1Cl. The van der Waals surface area contributed by atoms with Gasteiger partial charge in [0.15, 0.2) is 0 Å². The number of anilines is 1. The van der Waals surface area contributed by atoms with E-state index in [0.717, 1.165) is 12.3 Å². The number of nitrogens with zero attached hydrogens (tertiary/aromatic N) is 2. The summed E-state index contributed by atoms with van der Waals surface area (Å²) >= 11 is 8.85. The van der Waals surface area contributed by atoms with Crippen LogP contribution in [0.15, 0.2) is 40.0 Å². The van der Waals surface area contributed by atoms with Gasteiger partial charge in [-0.05, 0) is 34.1 Å². The first kappa shape index (κ1) is 14.2. The molecule has 0 saturated carbocycles. The summed E-state index contributed by atoms with van der Waals surface area (Å²) in [7, 11) is -3.92. The van der Waals surface area contributed by atoms with E-state index in [0.29, 0.717) is 4.47 Å². The molecule has 0 bridgehead atoms. The minimum Gasteiger partial charge on any atom is -0.278 e. The van der Waals surface area contributed by atoms with Crippen molar-refractivity contribution in [1.29, 1.82) is 0 Å². The highest BCUT2D eigenvalue weighted by atomic mass is 79.9. The van der Waals surface area contributed by atoms with E-state index in [-0.39, 0.29) is 15.7 Å². The maximum absolute atomic E-state index is 12.6. The molecule has 0 unspecified atom stereocenters. The van der Waals surface area contributed by atoms with Crippen LogP contribution in [-0.4, -0.2) is 18.4 Å². The van der Waals surface area contributed by atoms with Crippen molar-refractivity contribution in [3.8, 4) is 0 Å². The molecule has 0 radical (unpaired) electrons. The first-order valence-corrected chi connectivity index (χ1v) is 7.49. The van der Waals surface area contributed by atoms with Gasteiger partial charge in [-0.2, -0.15) is 4.39 Å². The fourth-order valence-electron chi connectivity index (χ4n) is 1.24. The van der Waals surface area contributed by atoms with Crippen molar-refractivity contribution in [2.24, 2.45) is 0 Å². The number of hydrogen-bond donors (Lipinski definition) is 1. The predicted octanol–water partition coefficient (Wildman–Crippen LogP) is 2.83. The molecule has 5 nitrogen and oxygen atoms in total. The van der Waals surface area contributed by atoms with Gasteiger partial charge in [-0.15, -0.1) is 0 Å². The lowest BCUT2D eigenvalue weighted by Gasteiger charge is -2.08. The zero-order valence-corrected chi connectivity index (χ0v) is 12.3. The molecule has 2 aromatic heterocycles. The monoisotopic (exact) mass is 365 g/mol. The van der Waals surface area contributed by atoms with Crippen molar-refractivity contribution in [2.45, 2.75) is 4.90 Å². The van der Waals surface area contributed by atoms with Crippen LogP contribution in [0.2, 0.25) is 5.15 Å². The van der Waals surface area contributed by atoms with Crippen LogP contribution in [0.3, 0.4) is 0 Å². The Bertz CT molecular complexity index is 709. The summed E-state index contributed by atoms with van der Waals surface area (Å²) in [5, 5.41) is -0.161. The fraction of sp³-hybridized carbons (Fsp3) is 0. The minimum absolute atomic E-state index is 0.123. The third-order valence-electron chi connectivity index (χ3n) is 2.04. The lowest BCUT2D eigenvalue weighted by molar-refractivity contribution is 0.583. The van der Waals surface area contributed by atoms with Gasteiger partial charge in [0.05, 0.1) is 11.9 Å². The maximum atomic E-state index is 12.6. The van der Waals surface area contributed by atoms with E-state index in [1.165, 1.54) is 18.3 Å². The van der Waals surface area contributed by atoms with Gasteiger partial charge in [-0.25, -0.2) is 18.4 Å². The molecule has 1 N–H and O–H groups in total. The van der Waals surface area contributed by atoms with E-state index in [2.05, 4.69) is 30.6 Å². The highest BCUT2D eigenvalue weighted by molar-refractivity contribution is 9.10. The van der Waals surface area contributed by atoms with Gasteiger partial charge in [-0.3, -0.25) is 4.72 Å². The van der Waals surface area contributed by atoms with Crippen LogP contribution >= 0.6 is 27.5 Å². The summed E-state index contributed by atoms with van der Waals surface area (Å²) in [6.45, 7) is 0. The molecule has 0 spiro atoms. The van der Waals surface area contributed by atoms with E-state index in [1.807, 2.05) is 0 Å². The summed E-state index contributed by atoms with van der Waals surface area (Å²) in [4.78, 5) is 6.88. The summed E-state index contributed by atoms with van der Waals surface area (Å²) in [6, 6.07) is 3.60. The Kier molecular flexibility index (Phi) is 4.02. The third-order valence-corrected chi connectivity index (χ3v) is 4.28. The van der Waals surface area contributed by atoms with Gasteiger partial charge in [0.1, 0.15) is 10.0 Å². The standard InChI is InChI=1S/C10H6BrClFN3O2S/c11-6-3-8(10(12)15-4-6)19(17,18)16-7-1-2-9(13)14-5-7/h1-5,16H. The van der Waals surface area contributed by atoms with E-state index in [4.69, 9.17) is 11.6 Å². The van der Waals surface area contributed by atoms with E-state index in [1.54, 1.807) is 0 Å². The van der Waals surface area contributed by atoms with Gasteiger partial charge in [0.25, 0.3) is 10.0 Å². The zero-order valence-electron chi connectivity index (χ0n) is 9.14. The second-order valence-corrected chi connectivity index (χ2v) is 6.34.